The minimum Gasteiger partial charge on any atom is -0.508 e. The summed E-state index contributed by atoms with van der Waals surface area (Å²) in [6, 6.07) is 9.16. The van der Waals surface area contributed by atoms with E-state index in [1.54, 1.807) is 25.1 Å². The maximum atomic E-state index is 10.7. The highest BCUT2D eigenvalue weighted by Gasteiger charge is 2.24. The summed E-state index contributed by atoms with van der Waals surface area (Å²) in [5.74, 6) is 1.17. The SMILES string of the molecule is CN/N=C(/c1cc(C(C)C)c(O)cc1O)N(C=S)c1ccc(OC)c2c1ccn2C(C)C. The molecule has 32 heavy (non-hydrogen) atoms. The number of aromatic nitrogens is 1. The highest BCUT2D eigenvalue weighted by atomic mass is 32.1. The van der Waals surface area contributed by atoms with Gasteiger partial charge in [-0.1, -0.05) is 26.1 Å². The Morgan fingerprint density at radius 1 is 1.16 bits per heavy atom. The monoisotopic (exact) mass is 454 g/mol. The van der Waals surface area contributed by atoms with Gasteiger partial charge in [-0.05, 0) is 49.6 Å². The molecule has 0 bridgehead atoms. The Labute approximate surface area is 193 Å². The van der Waals surface area contributed by atoms with Crippen LogP contribution >= 0.6 is 12.2 Å². The first-order chi connectivity index (χ1) is 15.2. The van der Waals surface area contributed by atoms with Gasteiger partial charge in [-0.15, -0.1) is 0 Å². The van der Waals surface area contributed by atoms with Crippen LogP contribution in [-0.2, 0) is 0 Å². The van der Waals surface area contributed by atoms with Gasteiger partial charge in [-0.2, -0.15) is 5.10 Å². The van der Waals surface area contributed by atoms with Gasteiger partial charge < -0.3 is 24.9 Å². The smallest absolute Gasteiger partial charge is 0.168 e. The zero-order valence-corrected chi connectivity index (χ0v) is 20.1. The van der Waals surface area contributed by atoms with Crippen molar-refractivity contribution in [3.8, 4) is 17.2 Å². The summed E-state index contributed by atoms with van der Waals surface area (Å²) in [6.45, 7) is 8.17. The highest BCUT2D eigenvalue weighted by Crippen LogP contribution is 2.38. The molecule has 0 unspecified atom stereocenters. The van der Waals surface area contributed by atoms with Crippen LogP contribution in [0.15, 0.2) is 41.6 Å². The van der Waals surface area contributed by atoms with Crippen LogP contribution in [0.4, 0.5) is 5.69 Å². The molecule has 0 atom stereocenters. The van der Waals surface area contributed by atoms with Crippen molar-refractivity contribution in [2.75, 3.05) is 19.1 Å². The number of amidine groups is 1. The molecule has 0 saturated carbocycles. The fourth-order valence-electron chi connectivity index (χ4n) is 3.85. The Morgan fingerprint density at radius 2 is 1.88 bits per heavy atom. The lowest BCUT2D eigenvalue weighted by molar-refractivity contribution is 0.416. The van der Waals surface area contributed by atoms with E-state index in [0.29, 0.717) is 17.0 Å². The van der Waals surface area contributed by atoms with Gasteiger partial charge in [0.2, 0.25) is 0 Å². The number of hydrogen-bond donors (Lipinski definition) is 3. The van der Waals surface area contributed by atoms with Crippen LogP contribution in [-0.4, -0.2) is 40.3 Å². The van der Waals surface area contributed by atoms with Crippen LogP contribution in [0.1, 0.15) is 50.8 Å². The molecule has 0 saturated heterocycles. The fourth-order valence-corrected chi connectivity index (χ4v) is 4.06. The minimum absolute atomic E-state index is 0.0415. The van der Waals surface area contributed by atoms with Crippen molar-refractivity contribution < 1.29 is 14.9 Å². The first-order valence-corrected chi connectivity index (χ1v) is 10.9. The summed E-state index contributed by atoms with van der Waals surface area (Å²) in [6.07, 6.45) is 2.02. The lowest BCUT2D eigenvalue weighted by atomic mass is 9.98. The lowest BCUT2D eigenvalue weighted by Crippen LogP contribution is -2.31. The largest absolute Gasteiger partial charge is 0.508 e. The van der Waals surface area contributed by atoms with Crippen LogP contribution in [0.2, 0.25) is 0 Å². The van der Waals surface area contributed by atoms with Crippen molar-refractivity contribution in [3.63, 3.8) is 0 Å². The molecule has 3 aromatic rings. The van der Waals surface area contributed by atoms with E-state index in [9.17, 15) is 10.2 Å². The first-order valence-electron chi connectivity index (χ1n) is 10.5. The number of phenolic OH excluding ortho intramolecular Hbond substituents is 2. The van der Waals surface area contributed by atoms with E-state index >= 15 is 0 Å². The summed E-state index contributed by atoms with van der Waals surface area (Å²) in [5, 5.41) is 26.4. The maximum Gasteiger partial charge on any atom is 0.168 e. The predicted molar refractivity (Wildman–Crippen MR) is 134 cm³/mol. The molecule has 0 aliphatic rings. The molecule has 1 heterocycles. The Bertz CT molecular complexity index is 1170. The summed E-state index contributed by atoms with van der Waals surface area (Å²) in [7, 11) is 3.33. The molecule has 170 valence electrons. The third kappa shape index (κ3) is 4.10. The summed E-state index contributed by atoms with van der Waals surface area (Å²) >= 11 is 5.41. The van der Waals surface area contributed by atoms with Gasteiger partial charge in [-0.3, -0.25) is 4.90 Å². The molecule has 0 aliphatic heterocycles. The number of anilines is 1. The molecule has 0 fully saturated rings. The van der Waals surface area contributed by atoms with Crippen LogP contribution in [0.5, 0.6) is 17.2 Å². The van der Waals surface area contributed by atoms with Crippen LogP contribution in [0, 0.1) is 0 Å². The number of nitrogens with zero attached hydrogens (tertiary/aromatic N) is 3. The summed E-state index contributed by atoms with van der Waals surface area (Å²) in [5.41, 5.74) is 7.20. The second-order valence-corrected chi connectivity index (χ2v) is 8.29. The Morgan fingerprint density at radius 3 is 2.44 bits per heavy atom. The average molecular weight is 455 g/mol. The third-order valence-corrected chi connectivity index (χ3v) is 5.62. The zero-order chi connectivity index (χ0) is 23.6. The second-order valence-electron chi connectivity index (χ2n) is 8.08. The number of thiocarbonyl (C=S) groups is 1. The molecule has 0 spiro atoms. The molecular formula is C24H30N4O3S. The Balaban J connectivity index is 2.27. The van der Waals surface area contributed by atoms with E-state index in [-0.39, 0.29) is 23.5 Å². The van der Waals surface area contributed by atoms with Crippen molar-refractivity contribution >= 4 is 40.1 Å². The van der Waals surface area contributed by atoms with Crippen molar-refractivity contribution in [1.82, 2.24) is 9.99 Å². The van der Waals surface area contributed by atoms with Gasteiger partial charge in [0, 0.05) is 30.7 Å². The molecule has 8 heteroatoms. The quantitative estimate of drug-likeness (QED) is 0.199. The number of rotatable bonds is 7. The number of hydrogen-bond acceptors (Lipinski definition) is 6. The van der Waals surface area contributed by atoms with E-state index in [2.05, 4.69) is 28.9 Å². The first kappa shape index (κ1) is 23.4. The van der Waals surface area contributed by atoms with E-state index in [0.717, 1.165) is 22.3 Å². The van der Waals surface area contributed by atoms with E-state index in [1.807, 2.05) is 38.2 Å². The predicted octanol–water partition coefficient (Wildman–Crippen LogP) is 5.11. The highest BCUT2D eigenvalue weighted by molar-refractivity contribution is 7.79. The molecule has 3 rings (SSSR count). The van der Waals surface area contributed by atoms with Crippen molar-refractivity contribution in [3.05, 3.63) is 47.7 Å². The zero-order valence-electron chi connectivity index (χ0n) is 19.2. The van der Waals surface area contributed by atoms with Gasteiger partial charge in [0.15, 0.2) is 5.84 Å². The fraction of sp³-hybridized carbons (Fsp3) is 0.333. The number of hydrazone groups is 1. The standard InChI is InChI=1S/C24H30N4O3S/c1-14(2)17-11-18(21(30)12-20(17)29)24(26-25-5)28(13-32)19-7-8-22(31-6)23-16(19)9-10-27(23)15(3)4/h7-15,25,29-30H,1-6H3/b26-24-. The number of ether oxygens (including phenoxy) is 1. The Kier molecular flexibility index (Phi) is 6.93. The maximum absolute atomic E-state index is 10.7. The molecule has 0 amide bonds. The molecule has 1 aromatic heterocycles. The van der Waals surface area contributed by atoms with Gasteiger partial charge >= 0.3 is 0 Å². The molecule has 2 aromatic carbocycles. The number of methoxy groups -OCH3 is 1. The molecule has 7 nitrogen and oxygen atoms in total. The molecule has 0 aliphatic carbocycles. The lowest BCUT2D eigenvalue weighted by Gasteiger charge is -2.24. The summed E-state index contributed by atoms with van der Waals surface area (Å²) < 4.78 is 7.77. The number of nitrogens with one attached hydrogen (secondary N) is 1. The second kappa shape index (κ2) is 9.48. The van der Waals surface area contributed by atoms with Crippen LogP contribution in [0.3, 0.4) is 0 Å². The van der Waals surface area contributed by atoms with E-state index in [4.69, 9.17) is 17.0 Å². The van der Waals surface area contributed by atoms with E-state index < -0.39 is 0 Å². The van der Waals surface area contributed by atoms with Gasteiger partial charge in [0.25, 0.3) is 0 Å². The topological polar surface area (TPSA) is 82.2 Å². The van der Waals surface area contributed by atoms with Gasteiger partial charge in [0.05, 0.1) is 29.4 Å². The number of phenols is 2. The minimum atomic E-state index is -0.0905. The third-order valence-electron chi connectivity index (χ3n) is 5.41. The Hall–Kier alpha value is -3.26. The normalized spacial score (nSPS) is 11.9. The summed E-state index contributed by atoms with van der Waals surface area (Å²) in [4.78, 5) is 1.74. The molecule has 0 radical (unpaired) electrons. The van der Waals surface area contributed by atoms with Crippen molar-refractivity contribution in [2.45, 2.75) is 39.7 Å². The van der Waals surface area contributed by atoms with Gasteiger partial charge in [-0.25, -0.2) is 0 Å². The van der Waals surface area contributed by atoms with Crippen molar-refractivity contribution in [2.24, 2.45) is 5.10 Å². The number of aromatic hydroxyl groups is 2. The number of benzene rings is 2. The van der Waals surface area contributed by atoms with Crippen LogP contribution < -0.4 is 15.1 Å². The van der Waals surface area contributed by atoms with Crippen molar-refractivity contribution in [1.29, 1.82) is 0 Å². The molecular weight excluding hydrogens is 424 g/mol. The van der Waals surface area contributed by atoms with Crippen LogP contribution in [0.25, 0.3) is 10.9 Å². The average Bonchev–Trinajstić information content (AvgIpc) is 3.19. The van der Waals surface area contributed by atoms with Gasteiger partial charge in [0.1, 0.15) is 17.2 Å². The van der Waals surface area contributed by atoms with E-state index in [1.165, 1.54) is 11.6 Å². The molecule has 3 N–H and O–H groups in total. The number of fused-ring (bicyclic) bond motifs is 1.